The number of carbonyl (C=O) groups excluding carboxylic acids is 1. The van der Waals surface area contributed by atoms with Crippen LogP contribution in [0.4, 0.5) is 5.69 Å². The first-order valence-corrected chi connectivity index (χ1v) is 7.75. The van der Waals surface area contributed by atoms with Crippen LogP contribution in [0.1, 0.15) is 18.5 Å². The second kappa shape index (κ2) is 7.01. The SMILES string of the molecule is CN(C(=O)CCCc1ccccn1)c1cnc2ccccc2c1. The lowest BCUT2D eigenvalue weighted by molar-refractivity contribution is -0.118. The van der Waals surface area contributed by atoms with E-state index < -0.39 is 0 Å². The summed E-state index contributed by atoms with van der Waals surface area (Å²) < 4.78 is 0. The van der Waals surface area contributed by atoms with Crippen molar-refractivity contribution >= 4 is 22.5 Å². The second-order valence-corrected chi connectivity index (χ2v) is 5.51. The number of benzene rings is 1. The fraction of sp³-hybridized carbons (Fsp3) is 0.211. The van der Waals surface area contributed by atoms with Gasteiger partial charge in [-0.25, -0.2) is 0 Å². The van der Waals surface area contributed by atoms with Gasteiger partial charge in [-0.2, -0.15) is 0 Å². The average molecular weight is 305 g/mol. The van der Waals surface area contributed by atoms with Gasteiger partial charge in [-0.15, -0.1) is 0 Å². The molecule has 0 atom stereocenters. The molecule has 3 aromatic rings. The molecular formula is C19H19N3O. The van der Waals surface area contributed by atoms with Gasteiger partial charge in [-0.1, -0.05) is 24.3 Å². The van der Waals surface area contributed by atoms with Gasteiger partial charge in [0.15, 0.2) is 0 Å². The lowest BCUT2D eigenvalue weighted by Crippen LogP contribution is -2.26. The van der Waals surface area contributed by atoms with E-state index in [2.05, 4.69) is 9.97 Å². The van der Waals surface area contributed by atoms with Gasteiger partial charge in [-0.3, -0.25) is 14.8 Å². The Balaban J connectivity index is 1.61. The van der Waals surface area contributed by atoms with E-state index in [-0.39, 0.29) is 5.91 Å². The van der Waals surface area contributed by atoms with E-state index in [1.165, 1.54) is 0 Å². The Morgan fingerprint density at radius 2 is 1.91 bits per heavy atom. The standard InChI is InChI=1S/C19H19N3O/c1-22(17-13-15-7-2-3-10-18(15)21-14-17)19(23)11-6-9-16-8-4-5-12-20-16/h2-5,7-8,10,12-14H,6,9,11H2,1H3. The predicted octanol–water partition coefficient (Wildman–Crippen LogP) is 3.62. The Hall–Kier alpha value is -2.75. The van der Waals surface area contributed by atoms with Gasteiger partial charge >= 0.3 is 0 Å². The van der Waals surface area contributed by atoms with Crippen molar-refractivity contribution < 1.29 is 4.79 Å². The van der Waals surface area contributed by atoms with E-state index in [0.717, 1.165) is 35.1 Å². The lowest BCUT2D eigenvalue weighted by atomic mass is 10.1. The Bertz CT molecular complexity index is 802. The summed E-state index contributed by atoms with van der Waals surface area (Å²) in [4.78, 5) is 22.7. The van der Waals surface area contributed by atoms with E-state index in [1.807, 2.05) is 48.5 Å². The van der Waals surface area contributed by atoms with Crippen LogP contribution < -0.4 is 4.90 Å². The van der Waals surface area contributed by atoms with Crippen LogP contribution >= 0.6 is 0 Å². The number of aryl methyl sites for hydroxylation is 1. The summed E-state index contributed by atoms with van der Waals surface area (Å²) in [7, 11) is 1.80. The quantitative estimate of drug-likeness (QED) is 0.723. The highest BCUT2D eigenvalue weighted by Gasteiger charge is 2.11. The molecule has 0 radical (unpaired) electrons. The van der Waals surface area contributed by atoms with E-state index in [1.54, 1.807) is 24.3 Å². The van der Waals surface area contributed by atoms with Crippen LogP contribution in [0, 0.1) is 0 Å². The van der Waals surface area contributed by atoms with Crippen molar-refractivity contribution in [1.29, 1.82) is 0 Å². The highest BCUT2D eigenvalue weighted by atomic mass is 16.2. The van der Waals surface area contributed by atoms with Gasteiger partial charge in [0, 0.05) is 30.7 Å². The molecule has 0 fully saturated rings. The summed E-state index contributed by atoms with van der Waals surface area (Å²) in [6, 6.07) is 15.8. The molecule has 0 spiro atoms. The first-order valence-electron chi connectivity index (χ1n) is 7.75. The van der Waals surface area contributed by atoms with Crippen LogP contribution in [0.2, 0.25) is 0 Å². The topological polar surface area (TPSA) is 46.1 Å². The lowest BCUT2D eigenvalue weighted by Gasteiger charge is -2.17. The van der Waals surface area contributed by atoms with E-state index >= 15 is 0 Å². The van der Waals surface area contributed by atoms with Gasteiger partial charge in [0.25, 0.3) is 0 Å². The molecule has 0 saturated heterocycles. The second-order valence-electron chi connectivity index (χ2n) is 5.51. The van der Waals surface area contributed by atoms with Crippen LogP contribution in [0.15, 0.2) is 60.9 Å². The van der Waals surface area contributed by atoms with Crippen LogP contribution in [0.5, 0.6) is 0 Å². The van der Waals surface area contributed by atoms with Crippen LogP contribution in [0.25, 0.3) is 10.9 Å². The zero-order chi connectivity index (χ0) is 16.1. The third-order valence-electron chi connectivity index (χ3n) is 3.89. The normalized spacial score (nSPS) is 10.7. The number of fused-ring (bicyclic) bond motifs is 1. The zero-order valence-electron chi connectivity index (χ0n) is 13.1. The van der Waals surface area contributed by atoms with Gasteiger partial charge in [-0.05, 0) is 37.1 Å². The molecule has 0 saturated carbocycles. The molecule has 0 N–H and O–H groups in total. The summed E-state index contributed by atoms with van der Waals surface area (Å²) >= 11 is 0. The van der Waals surface area contributed by atoms with Gasteiger partial charge < -0.3 is 4.90 Å². The number of amides is 1. The maximum atomic E-state index is 12.3. The molecule has 2 heterocycles. The molecule has 0 bridgehead atoms. The molecule has 2 aromatic heterocycles. The number of pyridine rings is 2. The third-order valence-corrected chi connectivity index (χ3v) is 3.89. The highest BCUT2D eigenvalue weighted by Crippen LogP contribution is 2.19. The van der Waals surface area contributed by atoms with Crippen LogP contribution in [-0.4, -0.2) is 22.9 Å². The van der Waals surface area contributed by atoms with Crippen molar-refractivity contribution in [1.82, 2.24) is 9.97 Å². The fourth-order valence-electron chi connectivity index (χ4n) is 2.52. The van der Waals surface area contributed by atoms with Crippen LogP contribution in [-0.2, 0) is 11.2 Å². The van der Waals surface area contributed by atoms with Crippen LogP contribution in [0.3, 0.4) is 0 Å². The maximum absolute atomic E-state index is 12.3. The number of para-hydroxylation sites is 1. The summed E-state index contributed by atoms with van der Waals surface area (Å²) in [5, 5.41) is 1.04. The third kappa shape index (κ3) is 3.72. The molecule has 116 valence electrons. The molecule has 3 rings (SSSR count). The number of hydrogen-bond acceptors (Lipinski definition) is 3. The first kappa shape index (κ1) is 15.2. The Morgan fingerprint density at radius 1 is 1.09 bits per heavy atom. The number of rotatable bonds is 5. The fourth-order valence-corrected chi connectivity index (χ4v) is 2.52. The predicted molar refractivity (Wildman–Crippen MR) is 92.3 cm³/mol. The molecule has 1 aromatic carbocycles. The van der Waals surface area contributed by atoms with Gasteiger partial charge in [0.1, 0.15) is 0 Å². The molecule has 0 aliphatic heterocycles. The number of anilines is 1. The monoisotopic (exact) mass is 305 g/mol. The zero-order valence-corrected chi connectivity index (χ0v) is 13.1. The van der Waals surface area contributed by atoms with E-state index in [0.29, 0.717) is 6.42 Å². The Kier molecular flexibility index (Phi) is 4.62. The van der Waals surface area contributed by atoms with Crippen molar-refractivity contribution in [2.45, 2.75) is 19.3 Å². The molecule has 4 heteroatoms. The van der Waals surface area contributed by atoms with Crippen molar-refractivity contribution in [2.75, 3.05) is 11.9 Å². The summed E-state index contributed by atoms with van der Waals surface area (Å²) in [5.74, 6) is 0.0954. The van der Waals surface area contributed by atoms with E-state index in [4.69, 9.17) is 0 Å². The molecule has 0 aliphatic carbocycles. The van der Waals surface area contributed by atoms with Crippen molar-refractivity contribution in [3.63, 3.8) is 0 Å². The Morgan fingerprint density at radius 3 is 2.74 bits per heavy atom. The Labute approximate surface area is 135 Å². The number of carbonyl (C=O) groups is 1. The van der Waals surface area contributed by atoms with Crippen molar-refractivity contribution in [2.24, 2.45) is 0 Å². The minimum absolute atomic E-state index is 0.0954. The number of aromatic nitrogens is 2. The average Bonchev–Trinajstić information content (AvgIpc) is 2.61. The molecule has 0 aliphatic rings. The number of hydrogen-bond donors (Lipinski definition) is 0. The summed E-state index contributed by atoms with van der Waals surface area (Å²) in [5.41, 5.74) is 2.79. The smallest absolute Gasteiger partial charge is 0.226 e. The van der Waals surface area contributed by atoms with E-state index in [9.17, 15) is 4.79 Å². The number of nitrogens with zero attached hydrogens (tertiary/aromatic N) is 3. The van der Waals surface area contributed by atoms with Gasteiger partial charge in [0.2, 0.25) is 5.91 Å². The first-order chi connectivity index (χ1) is 11.2. The molecule has 0 unspecified atom stereocenters. The highest BCUT2D eigenvalue weighted by molar-refractivity contribution is 5.94. The van der Waals surface area contributed by atoms with Crippen molar-refractivity contribution in [3.8, 4) is 0 Å². The van der Waals surface area contributed by atoms with Crippen molar-refractivity contribution in [3.05, 3.63) is 66.6 Å². The molecule has 23 heavy (non-hydrogen) atoms. The molecule has 1 amide bonds. The largest absolute Gasteiger partial charge is 0.314 e. The maximum Gasteiger partial charge on any atom is 0.226 e. The minimum atomic E-state index is 0.0954. The summed E-state index contributed by atoms with van der Waals surface area (Å²) in [6.45, 7) is 0. The minimum Gasteiger partial charge on any atom is -0.314 e. The molecule has 4 nitrogen and oxygen atoms in total. The van der Waals surface area contributed by atoms with Gasteiger partial charge in [0.05, 0.1) is 17.4 Å². The summed E-state index contributed by atoms with van der Waals surface area (Å²) in [6.07, 6.45) is 5.64. The molecular weight excluding hydrogens is 286 g/mol.